The number of rotatable bonds is 6. The summed E-state index contributed by atoms with van der Waals surface area (Å²) in [6.07, 6.45) is 3.74. The van der Waals surface area contributed by atoms with Gasteiger partial charge in [0.15, 0.2) is 5.76 Å². The summed E-state index contributed by atoms with van der Waals surface area (Å²) >= 11 is 0. The van der Waals surface area contributed by atoms with E-state index < -0.39 is 0 Å². The lowest BCUT2D eigenvalue weighted by Crippen LogP contribution is -2.26. The zero-order chi connectivity index (χ0) is 14.2. The molecule has 1 aliphatic heterocycles. The van der Waals surface area contributed by atoms with Crippen molar-refractivity contribution in [1.29, 1.82) is 0 Å². The Morgan fingerprint density at radius 3 is 3.00 bits per heavy atom. The van der Waals surface area contributed by atoms with Crippen molar-refractivity contribution in [1.82, 2.24) is 5.32 Å². The number of hydrogen-bond donors (Lipinski definition) is 1. The van der Waals surface area contributed by atoms with Crippen molar-refractivity contribution >= 4 is 5.91 Å². The Labute approximate surface area is 119 Å². The second kappa shape index (κ2) is 7.70. The zero-order valence-electron chi connectivity index (χ0n) is 11.9. The molecule has 20 heavy (non-hydrogen) atoms. The first kappa shape index (κ1) is 14.6. The number of allylic oxidation sites excluding steroid dienone is 1. The molecule has 0 radical (unpaired) electrons. The Balaban J connectivity index is 1.86. The quantitative estimate of drug-likeness (QED) is 0.868. The molecule has 4 heteroatoms. The third-order valence-corrected chi connectivity index (χ3v) is 3.08. The molecule has 1 aromatic carbocycles. The molecule has 0 aliphatic carbocycles. The normalized spacial score (nSPS) is 14.3. The average molecular weight is 275 g/mol. The predicted octanol–water partition coefficient (Wildman–Crippen LogP) is 2.53. The maximum Gasteiger partial charge on any atom is 0.286 e. The van der Waals surface area contributed by atoms with E-state index in [4.69, 9.17) is 9.47 Å². The predicted molar refractivity (Wildman–Crippen MR) is 76.9 cm³/mol. The van der Waals surface area contributed by atoms with Crippen LogP contribution in [0, 0.1) is 0 Å². The monoisotopic (exact) mass is 275 g/mol. The zero-order valence-corrected chi connectivity index (χ0v) is 11.9. The molecule has 0 spiro atoms. The summed E-state index contributed by atoms with van der Waals surface area (Å²) in [7, 11) is 0. The molecule has 0 atom stereocenters. The highest BCUT2D eigenvalue weighted by atomic mass is 16.5. The van der Waals surface area contributed by atoms with E-state index >= 15 is 0 Å². The first-order valence-electron chi connectivity index (χ1n) is 7.06. The van der Waals surface area contributed by atoms with E-state index in [0.29, 0.717) is 32.1 Å². The largest absolute Gasteiger partial charge is 0.488 e. The third-order valence-electron chi connectivity index (χ3n) is 3.08. The molecular formula is C16H21NO3. The van der Waals surface area contributed by atoms with Gasteiger partial charge in [0.2, 0.25) is 0 Å². The standard InChI is InChI=1S/C16H21NO3/c1-2-19-12-14-7-5-6-13(10-14)11-17-16(18)15-8-3-4-9-20-15/h5-8,10H,2-4,9,11-12H2,1H3,(H,17,18). The second-order valence-electron chi connectivity index (χ2n) is 4.70. The van der Waals surface area contributed by atoms with E-state index in [1.807, 2.05) is 37.3 Å². The van der Waals surface area contributed by atoms with Gasteiger partial charge in [-0.1, -0.05) is 24.3 Å². The fourth-order valence-corrected chi connectivity index (χ4v) is 2.03. The van der Waals surface area contributed by atoms with Crippen LogP contribution in [0.3, 0.4) is 0 Å². The first-order valence-corrected chi connectivity index (χ1v) is 7.06. The van der Waals surface area contributed by atoms with Gasteiger partial charge in [-0.05, 0) is 37.0 Å². The maximum absolute atomic E-state index is 11.9. The molecule has 0 saturated heterocycles. The number of benzene rings is 1. The Morgan fingerprint density at radius 1 is 1.40 bits per heavy atom. The van der Waals surface area contributed by atoms with Gasteiger partial charge in [0.1, 0.15) is 0 Å². The van der Waals surface area contributed by atoms with E-state index in [1.54, 1.807) is 0 Å². The van der Waals surface area contributed by atoms with Crippen molar-refractivity contribution in [3.8, 4) is 0 Å². The van der Waals surface area contributed by atoms with E-state index in [9.17, 15) is 4.79 Å². The summed E-state index contributed by atoms with van der Waals surface area (Å²) < 4.78 is 10.7. The summed E-state index contributed by atoms with van der Waals surface area (Å²) in [5, 5.41) is 2.88. The molecule has 0 bridgehead atoms. The van der Waals surface area contributed by atoms with Crippen molar-refractivity contribution in [2.24, 2.45) is 0 Å². The lowest BCUT2D eigenvalue weighted by Gasteiger charge is -2.14. The molecule has 1 amide bonds. The Kier molecular flexibility index (Phi) is 5.62. The molecule has 1 aliphatic rings. The van der Waals surface area contributed by atoms with Crippen LogP contribution >= 0.6 is 0 Å². The summed E-state index contributed by atoms with van der Waals surface area (Å²) in [4.78, 5) is 11.9. The van der Waals surface area contributed by atoms with Crippen molar-refractivity contribution < 1.29 is 14.3 Å². The van der Waals surface area contributed by atoms with Gasteiger partial charge in [0, 0.05) is 13.2 Å². The van der Waals surface area contributed by atoms with Crippen LogP contribution in [0.15, 0.2) is 36.1 Å². The van der Waals surface area contributed by atoms with Gasteiger partial charge in [0.05, 0.1) is 13.2 Å². The number of ether oxygens (including phenoxy) is 2. The molecule has 1 heterocycles. The van der Waals surface area contributed by atoms with Gasteiger partial charge < -0.3 is 14.8 Å². The molecular weight excluding hydrogens is 254 g/mol. The van der Waals surface area contributed by atoms with Crippen LogP contribution < -0.4 is 5.32 Å². The van der Waals surface area contributed by atoms with Gasteiger partial charge in [0.25, 0.3) is 5.91 Å². The maximum atomic E-state index is 11.9. The van der Waals surface area contributed by atoms with Gasteiger partial charge >= 0.3 is 0 Å². The minimum atomic E-state index is -0.139. The number of nitrogens with one attached hydrogen (secondary N) is 1. The first-order chi connectivity index (χ1) is 9.79. The van der Waals surface area contributed by atoms with E-state index in [-0.39, 0.29) is 5.91 Å². The lowest BCUT2D eigenvalue weighted by molar-refractivity contribution is -0.121. The van der Waals surface area contributed by atoms with E-state index in [0.717, 1.165) is 24.0 Å². The van der Waals surface area contributed by atoms with Crippen molar-refractivity contribution in [3.05, 3.63) is 47.2 Å². The fourth-order valence-electron chi connectivity index (χ4n) is 2.03. The molecule has 0 saturated carbocycles. The topological polar surface area (TPSA) is 47.6 Å². The number of amides is 1. The van der Waals surface area contributed by atoms with Crippen LogP contribution in [0.25, 0.3) is 0 Å². The van der Waals surface area contributed by atoms with Crippen LogP contribution in [-0.4, -0.2) is 19.1 Å². The van der Waals surface area contributed by atoms with Crippen LogP contribution in [-0.2, 0) is 27.4 Å². The van der Waals surface area contributed by atoms with Crippen molar-refractivity contribution in [2.45, 2.75) is 32.9 Å². The van der Waals surface area contributed by atoms with Gasteiger partial charge in [-0.15, -0.1) is 0 Å². The Morgan fingerprint density at radius 2 is 2.25 bits per heavy atom. The summed E-state index contributed by atoms with van der Waals surface area (Å²) in [6, 6.07) is 8.04. The number of carbonyl (C=O) groups is 1. The minimum Gasteiger partial charge on any atom is -0.488 e. The molecule has 0 fully saturated rings. The van der Waals surface area contributed by atoms with Crippen LogP contribution in [0.4, 0.5) is 0 Å². The second-order valence-corrected chi connectivity index (χ2v) is 4.70. The highest BCUT2D eigenvalue weighted by Crippen LogP contribution is 2.11. The summed E-state index contributed by atoms with van der Waals surface area (Å²) in [5.41, 5.74) is 2.18. The lowest BCUT2D eigenvalue weighted by atomic mass is 10.1. The smallest absolute Gasteiger partial charge is 0.286 e. The molecule has 1 N–H and O–H groups in total. The van der Waals surface area contributed by atoms with Crippen LogP contribution in [0.5, 0.6) is 0 Å². The molecule has 2 rings (SSSR count). The van der Waals surface area contributed by atoms with Crippen LogP contribution in [0.1, 0.15) is 30.9 Å². The molecule has 0 aromatic heterocycles. The van der Waals surface area contributed by atoms with Gasteiger partial charge in [-0.3, -0.25) is 4.79 Å². The van der Waals surface area contributed by atoms with E-state index in [1.165, 1.54) is 0 Å². The Hall–Kier alpha value is -1.81. The van der Waals surface area contributed by atoms with E-state index in [2.05, 4.69) is 5.32 Å². The van der Waals surface area contributed by atoms with Gasteiger partial charge in [-0.25, -0.2) is 0 Å². The molecule has 108 valence electrons. The SMILES string of the molecule is CCOCc1cccc(CNC(=O)C2=CCCCO2)c1. The Bertz CT molecular complexity index is 482. The average Bonchev–Trinajstić information content (AvgIpc) is 2.52. The highest BCUT2D eigenvalue weighted by molar-refractivity contribution is 5.91. The molecule has 0 unspecified atom stereocenters. The van der Waals surface area contributed by atoms with Crippen LogP contribution in [0.2, 0.25) is 0 Å². The fraction of sp³-hybridized carbons (Fsp3) is 0.438. The third kappa shape index (κ3) is 4.38. The van der Waals surface area contributed by atoms with Crippen molar-refractivity contribution in [3.63, 3.8) is 0 Å². The molecule has 4 nitrogen and oxygen atoms in total. The highest BCUT2D eigenvalue weighted by Gasteiger charge is 2.13. The summed E-state index contributed by atoms with van der Waals surface area (Å²) in [6.45, 7) is 4.41. The van der Waals surface area contributed by atoms with Crippen molar-refractivity contribution in [2.75, 3.05) is 13.2 Å². The minimum absolute atomic E-state index is 0.139. The molecule has 1 aromatic rings. The van der Waals surface area contributed by atoms with Gasteiger partial charge in [-0.2, -0.15) is 0 Å². The number of hydrogen-bond acceptors (Lipinski definition) is 3. The summed E-state index contributed by atoms with van der Waals surface area (Å²) in [5.74, 6) is 0.307. The number of carbonyl (C=O) groups excluding carboxylic acids is 1.